The van der Waals surface area contributed by atoms with Gasteiger partial charge >= 0.3 is 0 Å². The Morgan fingerprint density at radius 3 is 2.58 bits per heavy atom. The number of anilines is 1. The molecule has 1 heterocycles. The van der Waals surface area contributed by atoms with Crippen molar-refractivity contribution in [2.45, 2.75) is 12.8 Å². The van der Waals surface area contributed by atoms with Gasteiger partial charge in [-0.25, -0.2) is 4.39 Å². The van der Waals surface area contributed by atoms with Crippen molar-refractivity contribution in [1.29, 1.82) is 0 Å². The number of hydrogen-bond donors (Lipinski definition) is 0. The van der Waals surface area contributed by atoms with E-state index in [4.69, 9.17) is 0 Å². The highest BCUT2D eigenvalue weighted by molar-refractivity contribution is 5.46. The maximum absolute atomic E-state index is 12.8. The molecule has 0 aliphatic carbocycles. The van der Waals surface area contributed by atoms with E-state index in [-0.39, 0.29) is 5.82 Å². The normalized spacial score (nSPS) is 16.9. The summed E-state index contributed by atoms with van der Waals surface area (Å²) in [6, 6.07) is 6.82. The third-order valence-corrected chi connectivity index (χ3v) is 2.28. The topological polar surface area (TPSA) is 3.24 Å². The Labute approximate surface area is 71.8 Å². The third-order valence-electron chi connectivity index (χ3n) is 2.28. The lowest BCUT2D eigenvalue weighted by molar-refractivity contribution is 0.627. The molecule has 0 saturated carbocycles. The highest BCUT2D eigenvalue weighted by Gasteiger charge is 2.11. The molecule has 2 heteroatoms. The van der Waals surface area contributed by atoms with Crippen LogP contribution < -0.4 is 4.90 Å². The van der Waals surface area contributed by atoms with Gasteiger partial charge in [0.05, 0.1) is 0 Å². The molecule has 1 aliphatic rings. The highest BCUT2D eigenvalue weighted by atomic mass is 19.1. The summed E-state index contributed by atoms with van der Waals surface area (Å²) in [7, 11) is 0. The van der Waals surface area contributed by atoms with Crippen LogP contribution in [0.2, 0.25) is 0 Å². The molecule has 0 bridgehead atoms. The standard InChI is InChI=1S/C10H12FN/c11-9-4-3-5-10(8-9)12-6-1-2-7-12/h3-5,8H,1-2,6-7H2. The van der Waals surface area contributed by atoms with Gasteiger partial charge in [-0.3, -0.25) is 0 Å². The molecule has 0 atom stereocenters. The van der Waals surface area contributed by atoms with Crippen molar-refractivity contribution in [2.24, 2.45) is 0 Å². The van der Waals surface area contributed by atoms with Crippen LogP contribution in [-0.2, 0) is 0 Å². The predicted octanol–water partition coefficient (Wildman–Crippen LogP) is 2.43. The second-order valence-corrected chi connectivity index (χ2v) is 3.17. The molecule has 64 valence electrons. The third kappa shape index (κ3) is 1.42. The van der Waals surface area contributed by atoms with Crippen LogP contribution >= 0.6 is 0 Å². The van der Waals surface area contributed by atoms with Gasteiger partial charge in [-0.1, -0.05) is 6.07 Å². The predicted molar refractivity (Wildman–Crippen MR) is 47.8 cm³/mol. The highest BCUT2D eigenvalue weighted by Crippen LogP contribution is 2.20. The van der Waals surface area contributed by atoms with Gasteiger partial charge in [0, 0.05) is 18.8 Å². The SMILES string of the molecule is Fc1cccc(N2CCCC2)c1. The van der Waals surface area contributed by atoms with E-state index in [1.165, 1.54) is 18.9 Å². The van der Waals surface area contributed by atoms with Gasteiger partial charge in [0.1, 0.15) is 5.82 Å². The van der Waals surface area contributed by atoms with E-state index in [9.17, 15) is 4.39 Å². The first kappa shape index (κ1) is 7.59. The summed E-state index contributed by atoms with van der Waals surface area (Å²) in [5.74, 6) is -0.139. The zero-order chi connectivity index (χ0) is 8.39. The van der Waals surface area contributed by atoms with Crippen molar-refractivity contribution >= 4 is 5.69 Å². The number of halogens is 1. The van der Waals surface area contributed by atoms with Gasteiger partial charge in [-0.2, -0.15) is 0 Å². The first-order chi connectivity index (χ1) is 5.86. The van der Waals surface area contributed by atoms with E-state index in [2.05, 4.69) is 4.90 Å². The molecule has 1 nitrogen and oxygen atoms in total. The Morgan fingerprint density at radius 2 is 1.92 bits per heavy atom. The maximum atomic E-state index is 12.8. The van der Waals surface area contributed by atoms with Crippen LogP contribution in [0.5, 0.6) is 0 Å². The number of hydrogen-bond acceptors (Lipinski definition) is 1. The Kier molecular flexibility index (Phi) is 1.98. The van der Waals surface area contributed by atoms with E-state index in [1.807, 2.05) is 6.07 Å². The first-order valence-electron chi connectivity index (χ1n) is 4.37. The first-order valence-corrected chi connectivity index (χ1v) is 4.37. The molecule has 0 aromatic heterocycles. The molecule has 1 fully saturated rings. The van der Waals surface area contributed by atoms with Crippen LogP contribution in [0.25, 0.3) is 0 Å². The van der Waals surface area contributed by atoms with Crippen LogP contribution in [-0.4, -0.2) is 13.1 Å². The minimum atomic E-state index is -0.139. The van der Waals surface area contributed by atoms with Gasteiger partial charge in [0.15, 0.2) is 0 Å². The molecule has 1 aromatic rings. The molecule has 0 unspecified atom stereocenters. The lowest BCUT2D eigenvalue weighted by atomic mass is 10.3. The van der Waals surface area contributed by atoms with Gasteiger partial charge in [-0.05, 0) is 31.0 Å². The van der Waals surface area contributed by atoms with E-state index >= 15 is 0 Å². The van der Waals surface area contributed by atoms with Gasteiger partial charge in [-0.15, -0.1) is 0 Å². The van der Waals surface area contributed by atoms with E-state index in [1.54, 1.807) is 12.1 Å². The fourth-order valence-corrected chi connectivity index (χ4v) is 1.65. The molecule has 2 rings (SSSR count). The quantitative estimate of drug-likeness (QED) is 0.617. The minimum Gasteiger partial charge on any atom is -0.371 e. The second-order valence-electron chi connectivity index (χ2n) is 3.17. The zero-order valence-corrected chi connectivity index (χ0v) is 6.96. The molecular weight excluding hydrogens is 153 g/mol. The molecule has 12 heavy (non-hydrogen) atoms. The Balaban J connectivity index is 2.21. The second kappa shape index (κ2) is 3.13. The number of rotatable bonds is 1. The molecule has 1 saturated heterocycles. The Bertz CT molecular complexity index is 266. The summed E-state index contributed by atoms with van der Waals surface area (Å²) in [6.45, 7) is 2.15. The van der Waals surface area contributed by atoms with Crippen LogP contribution in [0.1, 0.15) is 12.8 Å². The molecule has 0 spiro atoms. The van der Waals surface area contributed by atoms with Crippen molar-refractivity contribution in [2.75, 3.05) is 18.0 Å². The van der Waals surface area contributed by atoms with Gasteiger partial charge in [0.25, 0.3) is 0 Å². The van der Waals surface area contributed by atoms with E-state index in [0.29, 0.717) is 0 Å². The minimum absolute atomic E-state index is 0.139. The average Bonchev–Trinajstić information content (AvgIpc) is 2.56. The van der Waals surface area contributed by atoms with Crippen LogP contribution in [0, 0.1) is 5.82 Å². The fourth-order valence-electron chi connectivity index (χ4n) is 1.65. The number of nitrogens with zero attached hydrogens (tertiary/aromatic N) is 1. The van der Waals surface area contributed by atoms with Crippen molar-refractivity contribution in [3.8, 4) is 0 Å². The molecule has 1 aliphatic heterocycles. The largest absolute Gasteiger partial charge is 0.371 e. The summed E-state index contributed by atoms with van der Waals surface area (Å²) < 4.78 is 12.8. The summed E-state index contributed by atoms with van der Waals surface area (Å²) in [5, 5.41) is 0. The summed E-state index contributed by atoms with van der Waals surface area (Å²) >= 11 is 0. The summed E-state index contributed by atoms with van der Waals surface area (Å²) in [4.78, 5) is 2.23. The van der Waals surface area contributed by atoms with Crippen molar-refractivity contribution in [3.05, 3.63) is 30.1 Å². The molecule has 1 aromatic carbocycles. The molecular formula is C10H12FN. The number of benzene rings is 1. The van der Waals surface area contributed by atoms with Crippen LogP contribution in [0.15, 0.2) is 24.3 Å². The van der Waals surface area contributed by atoms with E-state index < -0.39 is 0 Å². The van der Waals surface area contributed by atoms with Crippen LogP contribution in [0.3, 0.4) is 0 Å². The maximum Gasteiger partial charge on any atom is 0.125 e. The lowest BCUT2D eigenvalue weighted by Gasteiger charge is -2.16. The molecule has 0 radical (unpaired) electrons. The Hall–Kier alpha value is -1.05. The Morgan fingerprint density at radius 1 is 1.17 bits per heavy atom. The summed E-state index contributed by atoms with van der Waals surface area (Å²) in [5.41, 5.74) is 1.02. The summed E-state index contributed by atoms with van der Waals surface area (Å²) in [6.07, 6.45) is 2.47. The molecule has 0 amide bonds. The van der Waals surface area contributed by atoms with E-state index in [0.717, 1.165) is 18.8 Å². The fraction of sp³-hybridized carbons (Fsp3) is 0.400. The van der Waals surface area contributed by atoms with Crippen molar-refractivity contribution in [3.63, 3.8) is 0 Å². The van der Waals surface area contributed by atoms with Gasteiger partial charge in [0.2, 0.25) is 0 Å². The molecule has 0 N–H and O–H groups in total. The smallest absolute Gasteiger partial charge is 0.125 e. The van der Waals surface area contributed by atoms with Crippen molar-refractivity contribution in [1.82, 2.24) is 0 Å². The van der Waals surface area contributed by atoms with Crippen molar-refractivity contribution < 1.29 is 4.39 Å². The van der Waals surface area contributed by atoms with Crippen LogP contribution in [0.4, 0.5) is 10.1 Å². The van der Waals surface area contributed by atoms with Gasteiger partial charge < -0.3 is 4.90 Å². The lowest BCUT2D eigenvalue weighted by Crippen LogP contribution is -2.17. The average molecular weight is 165 g/mol. The monoisotopic (exact) mass is 165 g/mol. The zero-order valence-electron chi connectivity index (χ0n) is 6.96.